The van der Waals surface area contributed by atoms with E-state index in [0.717, 1.165) is 29.0 Å². The summed E-state index contributed by atoms with van der Waals surface area (Å²) >= 11 is 0. The van der Waals surface area contributed by atoms with Crippen LogP contribution >= 0.6 is 0 Å². The molecule has 0 spiro atoms. The molecule has 1 atom stereocenters. The second kappa shape index (κ2) is 14.3. The first-order valence-electron chi connectivity index (χ1n) is 13.1. The van der Waals surface area contributed by atoms with Gasteiger partial charge in [-0.05, 0) is 61.7 Å². The Bertz CT molecular complexity index is 1300. The molecule has 0 aliphatic heterocycles. The summed E-state index contributed by atoms with van der Waals surface area (Å²) in [5.41, 5.74) is 1.34. The van der Waals surface area contributed by atoms with E-state index >= 15 is 0 Å². The van der Waals surface area contributed by atoms with Crippen molar-refractivity contribution in [2.75, 3.05) is 30.2 Å². The van der Waals surface area contributed by atoms with E-state index in [1.165, 1.54) is 4.90 Å². The predicted molar refractivity (Wildman–Crippen MR) is 154 cm³/mol. The molecule has 0 saturated carbocycles. The highest BCUT2D eigenvalue weighted by Crippen LogP contribution is 2.25. The third-order valence-corrected chi connectivity index (χ3v) is 7.40. The molecule has 1 N–H and O–H groups in total. The van der Waals surface area contributed by atoms with Gasteiger partial charge in [0.15, 0.2) is 0 Å². The Hall–Kier alpha value is -3.85. The molecule has 0 bridgehead atoms. The highest BCUT2D eigenvalue weighted by molar-refractivity contribution is 7.92. The van der Waals surface area contributed by atoms with Crippen LogP contribution in [0.3, 0.4) is 0 Å². The lowest BCUT2D eigenvalue weighted by Crippen LogP contribution is -2.52. The Kier molecular flexibility index (Phi) is 10.9. The largest absolute Gasteiger partial charge is 0.457 e. The van der Waals surface area contributed by atoms with Crippen LogP contribution in [-0.4, -0.2) is 57.1 Å². The third kappa shape index (κ3) is 9.14. The molecule has 1 unspecified atom stereocenters. The SMILES string of the molecule is CCCCNC(=O)C(C)N(CCc1ccccc1)C(=O)CN(c1ccc(Oc2ccccc2)cc1)S(C)(=O)=O. The van der Waals surface area contributed by atoms with E-state index in [1.54, 1.807) is 31.2 Å². The van der Waals surface area contributed by atoms with Crippen LogP contribution in [0.4, 0.5) is 5.69 Å². The van der Waals surface area contributed by atoms with Gasteiger partial charge in [-0.3, -0.25) is 13.9 Å². The Morgan fingerprint density at radius 1 is 0.897 bits per heavy atom. The number of amides is 2. The van der Waals surface area contributed by atoms with Gasteiger partial charge in [0.1, 0.15) is 24.1 Å². The molecule has 0 aliphatic carbocycles. The average Bonchev–Trinajstić information content (AvgIpc) is 2.93. The van der Waals surface area contributed by atoms with E-state index in [4.69, 9.17) is 4.74 Å². The van der Waals surface area contributed by atoms with Gasteiger partial charge in [-0.15, -0.1) is 0 Å². The van der Waals surface area contributed by atoms with Crippen LogP contribution in [0.2, 0.25) is 0 Å². The first-order valence-corrected chi connectivity index (χ1v) is 15.0. The number of nitrogens with one attached hydrogen (secondary N) is 1. The van der Waals surface area contributed by atoms with Gasteiger partial charge in [0.05, 0.1) is 11.9 Å². The van der Waals surface area contributed by atoms with E-state index in [-0.39, 0.29) is 12.5 Å². The topological polar surface area (TPSA) is 96.0 Å². The molecule has 3 rings (SSSR count). The Balaban J connectivity index is 1.79. The van der Waals surface area contributed by atoms with Crippen molar-refractivity contribution in [3.63, 3.8) is 0 Å². The summed E-state index contributed by atoms with van der Waals surface area (Å²) in [6.07, 6.45) is 3.36. The van der Waals surface area contributed by atoms with Crippen LogP contribution in [-0.2, 0) is 26.0 Å². The summed E-state index contributed by atoms with van der Waals surface area (Å²) in [5.74, 6) is 0.463. The van der Waals surface area contributed by atoms with Crippen molar-refractivity contribution in [1.82, 2.24) is 10.2 Å². The second-order valence-electron chi connectivity index (χ2n) is 9.32. The lowest BCUT2D eigenvalue weighted by Gasteiger charge is -2.31. The summed E-state index contributed by atoms with van der Waals surface area (Å²) in [5, 5.41) is 2.88. The number of unbranched alkanes of at least 4 members (excludes halogenated alkanes) is 1. The first kappa shape index (κ1) is 29.7. The number of nitrogens with zero attached hydrogens (tertiary/aromatic N) is 2. The summed E-state index contributed by atoms with van der Waals surface area (Å²) in [6.45, 7) is 4.06. The summed E-state index contributed by atoms with van der Waals surface area (Å²) in [6, 6.07) is 24.6. The van der Waals surface area contributed by atoms with Gasteiger partial charge < -0.3 is 15.0 Å². The number of sulfonamides is 1. The number of hydrogen-bond acceptors (Lipinski definition) is 5. The minimum Gasteiger partial charge on any atom is -0.457 e. The number of para-hydroxylation sites is 1. The smallest absolute Gasteiger partial charge is 0.244 e. The van der Waals surface area contributed by atoms with Crippen LogP contribution in [0.25, 0.3) is 0 Å². The lowest BCUT2D eigenvalue weighted by molar-refractivity contribution is -0.138. The first-order chi connectivity index (χ1) is 18.7. The number of carbonyl (C=O) groups excluding carboxylic acids is 2. The molecule has 0 aromatic heterocycles. The van der Waals surface area contributed by atoms with Crippen LogP contribution < -0.4 is 14.4 Å². The quantitative estimate of drug-likeness (QED) is 0.295. The molecule has 0 saturated heterocycles. The summed E-state index contributed by atoms with van der Waals surface area (Å²) in [7, 11) is -3.80. The Morgan fingerprint density at radius 3 is 2.08 bits per heavy atom. The fraction of sp³-hybridized carbons (Fsp3) is 0.333. The maximum atomic E-state index is 13.6. The van der Waals surface area contributed by atoms with E-state index in [0.29, 0.717) is 30.2 Å². The van der Waals surface area contributed by atoms with Crippen molar-refractivity contribution in [2.45, 2.75) is 39.2 Å². The van der Waals surface area contributed by atoms with Crippen molar-refractivity contribution in [3.05, 3.63) is 90.5 Å². The fourth-order valence-electron chi connectivity index (χ4n) is 4.02. The standard InChI is InChI=1S/C30H37N3O5S/c1-4-5-21-31-30(35)24(2)32(22-20-25-12-8-6-9-13-25)29(34)23-33(39(3,36)37)26-16-18-28(19-17-26)38-27-14-10-7-11-15-27/h6-19,24H,4-5,20-23H2,1-3H3,(H,31,35). The van der Waals surface area contributed by atoms with Gasteiger partial charge >= 0.3 is 0 Å². The van der Waals surface area contributed by atoms with E-state index in [1.807, 2.05) is 67.6 Å². The zero-order valence-electron chi connectivity index (χ0n) is 22.7. The Labute approximate surface area is 231 Å². The van der Waals surface area contributed by atoms with Gasteiger partial charge in [-0.2, -0.15) is 0 Å². The van der Waals surface area contributed by atoms with Crippen molar-refractivity contribution < 1.29 is 22.7 Å². The van der Waals surface area contributed by atoms with Crippen LogP contribution in [0.15, 0.2) is 84.9 Å². The molecular weight excluding hydrogens is 514 g/mol. The number of ether oxygens (including phenoxy) is 1. The van der Waals surface area contributed by atoms with E-state index in [9.17, 15) is 18.0 Å². The highest BCUT2D eigenvalue weighted by Gasteiger charge is 2.29. The molecular formula is C30H37N3O5S. The van der Waals surface area contributed by atoms with Crippen LogP contribution in [0.5, 0.6) is 11.5 Å². The minimum atomic E-state index is -3.80. The maximum absolute atomic E-state index is 13.6. The van der Waals surface area contributed by atoms with Gasteiger partial charge in [0.25, 0.3) is 0 Å². The van der Waals surface area contributed by atoms with Crippen LogP contribution in [0.1, 0.15) is 32.3 Å². The van der Waals surface area contributed by atoms with Crippen molar-refractivity contribution in [2.24, 2.45) is 0 Å². The van der Waals surface area contributed by atoms with E-state index in [2.05, 4.69) is 5.32 Å². The molecule has 39 heavy (non-hydrogen) atoms. The molecule has 0 fully saturated rings. The zero-order chi connectivity index (χ0) is 28.3. The minimum absolute atomic E-state index is 0.266. The highest BCUT2D eigenvalue weighted by atomic mass is 32.2. The summed E-state index contributed by atoms with van der Waals surface area (Å²) < 4.78 is 32.4. The molecule has 3 aromatic carbocycles. The second-order valence-corrected chi connectivity index (χ2v) is 11.2. The van der Waals surface area contributed by atoms with Gasteiger partial charge in [-0.25, -0.2) is 8.42 Å². The number of hydrogen-bond donors (Lipinski definition) is 1. The monoisotopic (exact) mass is 551 g/mol. The molecule has 2 amide bonds. The molecule has 0 radical (unpaired) electrons. The van der Waals surface area contributed by atoms with Crippen molar-refractivity contribution in [3.8, 4) is 11.5 Å². The molecule has 0 heterocycles. The molecule has 208 valence electrons. The predicted octanol–water partition coefficient (Wildman–Crippen LogP) is 4.62. The molecule has 8 nitrogen and oxygen atoms in total. The van der Waals surface area contributed by atoms with E-state index < -0.39 is 28.5 Å². The Morgan fingerprint density at radius 2 is 1.49 bits per heavy atom. The normalized spacial score (nSPS) is 11.9. The van der Waals surface area contributed by atoms with Crippen molar-refractivity contribution >= 4 is 27.5 Å². The van der Waals surface area contributed by atoms with Gasteiger partial charge in [0.2, 0.25) is 21.8 Å². The summed E-state index contributed by atoms with van der Waals surface area (Å²) in [4.78, 5) is 27.9. The van der Waals surface area contributed by atoms with Crippen LogP contribution in [0, 0.1) is 0 Å². The molecule has 0 aliphatic rings. The number of rotatable bonds is 14. The zero-order valence-corrected chi connectivity index (χ0v) is 23.6. The average molecular weight is 552 g/mol. The number of anilines is 1. The molecule has 9 heteroatoms. The van der Waals surface area contributed by atoms with Gasteiger partial charge in [0, 0.05) is 13.1 Å². The maximum Gasteiger partial charge on any atom is 0.244 e. The molecule has 3 aromatic rings. The number of carbonyl (C=O) groups is 2. The lowest BCUT2D eigenvalue weighted by atomic mass is 10.1. The number of benzene rings is 3. The fourth-order valence-corrected chi connectivity index (χ4v) is 4.87. The van der Waals surface area contributed by atoms with Crippen molar-refractivity contribution in [1.29, 1.82) is 0 Å². The third-order valence-electron chi connectivity index (χ3n) is 6.26. The van der Waals surface area contributed by atoms with Gasteiger partial charge in [-0.1, -0.05) is 61.9 Å².